The van der Waals surface area contributed by atoms with E-state index >= 15 is 0 Å². The summed E-state index contributed by atoms with van der Waals surface area (Å²) in [7, 11) is 2.00. The molecule has 1 saturated heterocycles. The van der Waals surface area contributed by atoms with Gasteiger partial charge < -0.3 is 10.2 Å². The predicted octanol–water partition coefficient (Wildman–Crippen LogP) is 2.72. The molecule has 1 aromatic carbocycles. The summed E-state index contributed by atoms with van der Waals surface area (Å²) in [6, 6.07) is 8.60. The van der Waals surface area contributed by atoms with E-state index in [0.29, 0.717) is 5.92 Å². The summed E-state index contributed by atoms with van der Waals surface area (Å²) in [5.41, 5.74) is 1.96. The highest BCUT2D eigenvalue weighted by atomic mass is 32.2. The van der Waals surface area contributed by atoms with E-state index in [1.807, 2.05) is 7.05 Å². The molecule has 4 heteroatoms. The molecule has 1 heterocycles. The average Bonchev–Trinajstić information content (AvgIpc) is 2.88. The minimum Gasteiger partial charge on any atom is -0.370 e. The Hall–Kier alpha value is -1.18. The lowest BCUT2D eigenvalue weighted by Crippen LogP contribution is -2.24. The average molecular weight is 275 g/mol. The highest BCUT2D eigenvalue weighted by Gasteiger charge is 2.24. The molecule has 1 unspecified atom stereocenters. The Bertz CT molecular complexity index is 467. The molecule has 1 aromatic rings. The summed E-state index contributed by atoms with van der Waals surface area (Å²) in [4.78, 5) is 3.47. The monoisotopic (exact) mass is 275 g/mol. The second-order valence-corrected chi connectivity index (χ2v) is 6.16. The van der Waals surface area contributed by atoms with Gasteiger partial charge in [0, 0.05) is 18.0 Å². The van der Waals surface area contributed by atoms with Gasteiger partial charge in [-0.1, -0.05) is 13.0 Å². The lowest BCUT2D eigenvalue weighted by Gasteiger charge is -2.21. The smallest absolute Gasteiger partial charge is 0.103 e. The van der Waals surface area contributed by atoms with Crippen molar-refractivity contribution in [3.8, 4) is 6.07 Å². The van der Waals surface area contributed by atoms with E-state index in [1.165, 1.54) is 6.42 Å². The van der Waals surface area contributed by atoms with E-state index in [4.69, 9.17) is 0 Å². The zero-order chi connectivity index (χ0) is 13.7. The van der Waals surface area contributed by atoms with Crippen LogP contribution < -0.4 is 10.2 Å². The molecular weight excluding hydrogens is 254 g/mol. The molecule has 1 atom stereocenters. The molecule has 0 saturated carbocycles. The summed E-state index contributed by atoms with van der Waals surface area (Å²) >= 11 is 1.75. The second-order valence-electron chi connectivity index (χ2n) is 4.85. The Morgan fingerprint density at radius 1 is 1.53 bits per heavy atom. The summed E-state index contributed by atoms with van der Waals surface area (Å²) in [6.45, 7) is 5.29. The molecule has 102 valence electrons. The van der Waals surface area contributed by atoms with Crippen molar-refractivity contribution in [1.29, 1.82) is 5.26 Å². The quantitative estimate of drug-likeness (QED) is 0.839. The van der Waals surface area contributed by atoms with Crippen molar-refractivity contribution >= 4 is 17.4 Å². The molecule has 1 fully saturated rings. The highest BCUT2D eigenvalue weighted by Crippen LogP contribution is 2.32. The van der Waals surface area contributed by atoms with Crippen molar-refractivity contribution in [3.63, 3.8) is 0 Å². The molecule has 0 aromatic heterocycles. The molecule has 2 rings (SSSR count). The fraction of sp³-hybridized carbons (Fsp3) is 0.533. The van der Waals surface area contributed by atoms with Crippen LogP contribution in [-0.2, 0) is 0 Å². The maximum Gasteiger partial charge on any atom is 0.103 e. The predicted molar refractivity (Wildman–Crippen MR) is 81.8 cm³/mol. The largest absolute Gasteiger partial charge is 0.370 e. The Morgan fingerprint density at radius 2 is 2.37 bits per heavy atom. The minimum atomic E-state index is 0.694. The van der Waals surface area contributed by atoms with Crippen LogP contribution in [0, 0.1) is 17.2 Å². The molecule has 0 radical (unpaired) electrons. The van der Waals surface area contributed by atoms with Gasteiger partial charge in [0.15, 0.2) is 0 Å². The second kappa shape index (κ2) is 6.83. The van der Waals surface area contributed by atoms with Crippen LogP contribution in [0.5, 0.6) is 0 Å². The van der Waals surface area contributed by atoms with Crippen molar-refractivity contribution < 1.29 is 0 Å². The summed E-state index contributed by atoms with van der Waals surface area (Å²) in [5, 5.41) is 12.7. The van der Waals surface area contributed by atoms with E-state index in [0.717, 1.165) is 41.5 Å². The third-order valence-electron chi connectivity index (χ3n) is 3.54. The van der Waals surface area contributed by atoms with Crippen LogP contribution in [0.25, 0.3) is 0 Å². The Labute approximate surface area is 120 Å². The van der Waals surface area contributed by atoms with Gasteiger partial charge in [-0.15, -0.1) is 11.8 Å². The van der Waals surface area contributed by atoms with Gasteiger partial charge in [0.1, 0.15) is 6.07 Å². The van der Waals surface area contributed by atoms with E-state index in [2.05, 4.69) is 41.4 Å². The normalized spacial score (nSPS) is 18.6. The van der Waals surface area contributed by atoms with Gasteiger partial charge in [0.05, 0.1) is 11.3 Å². The van der Waals surface area contributed by atoms with Crippen LogP contribution in [0.4, 0.5) is 5.69 Å². The standard InChI is InChI=1S/C15H21N3S/c1-3-19-15-6-4-5-14(13(15)9-16)18-8-7-12(11-18)10-17-2/h4-6,12,17H,3,7-8,10-11H2,1-2H3. The number of rotatable bonds is 5. The van der Waals surface area contributed by atoms with Crippen LogP contribution in [0.15, 0.2) is 23.1 Å². The molecule has 1 aliphatic rings. The van der Waals surface area contributed by atoms with Crippen LogP contribution in [0.3, 0.4) is 0 Å². The lowest BCUT2D eigenvalue weighted by atomic mass is 10.1. The first kappa shape index (κ1) is 14.2. The maximum atomic E-state index is 9.45. The highest BCUT2D eigenvalue weighted by molar-refractivity contribution is 7.99. The molecule has 19 heavy (non-hydrogen) atoms. The number of hydrogen-bond donors (Lipinski definition) is 1. The zero-order valence-electron chi connectivity index (χ0n) is 11.6. The topological polar surface area (TPSA) is 39.1 Å². The van der Waals surface area contributed by atoms with Gasteiger partial charge in [0.25, 0.3) is 0 Å². The maximum absolute atomic E-state index is 9.45. The molecule has 1 aliphatic heterocycles. The number of nitriles is 1. The Balaban J connectivity index is 2.21. The number of nitrogens with zero attached hydrogens (tertiary/aromatic N) is 2. The molecule has 0 aliphatic carbocycles. The fourth-order valence-electron chi connectivity index (χ4n) is 2.68. The summed E-state index contributed by atoms with van der Waals surface area (Å²) in [5.74, 6) is 1.69. The summed E-state index contributed by atoms with van der Waals surface area (Å²) in [6.07, 6.45) is 1.21. The summed E-state index contributed by atoms with van der Waals surface area (Å²) < 4.78 is 0. The first-order valence-electron chi connectivity index (χ1n) is 6.85. The van der Waals surface area contributed by atoms with E-state index in [1.54, 1.807) is 11.8 Å². The number of benzene rings is 1. The van der Waals surface area contributed by atoms with Crippen LogP contribution in [0.1, 0.15) is 18.9 Å². The van der Waals surface area contributed by atoms with Gasteiger partial charge in [-0.25, -0.2) is 0 Å². The van der Waals surface area contributed by atoms with Crippen molar-refractivity contribution in [2.24, 2.45) is 5.92 Å². The molecule has 1 N–H and O–H groups in total. The van der Waals surface area contributed by atoms with Crippen LogP contribution >= 0.6 is 11.8 Å². The Kier molecular flexibility index (Phi) is 5.12. The number of thioether (sulfide) groups is 1. The van der Waals surface area contributed by atoms with Gasteiger partial charge in [0.2, 0.25) is 0 Å². The van der Waals surface area contributed by atoms with E-state index < -0.39 is 0 Å². The first-order chi connectivity index (χ1) is 9.30. The molecule has 0 amide bonds. The molecular formula is C15H21N3S. The van der Waals surface area contributed by atoms with Gasteiger partial charge >= 0.3 is 0 Å². The third kappa shape index (κ3) is 3.23. The van der Waals surface area contributed by atoms with Crippen molar-refractivity contribution in [2.75, 3.05) is 37.3 Å². The first-order valence-corrected chi connectivity index (χ1v) is 7.84. The molecule has 3 nitrogen and oxygen atoms in total. The Morgan fingerprint density at radius 3 is 3.05 bits per heavy atom. The van der Waals surface area contributed by atoms with Crippen molar-refractivity contribution in [2.45, 2.75) is 18.2 Å². The molecule has 0 bridgehead atoms. The van der Waals surface area contributed by atoms with Gasteiger partial charge in [-0.05, 0) is 43.8 Å². The zero-order valence-corrected chi connectivity index (χ0v) is 12.5. The van der Waals surface area contributed by atoms with Crippen molar-refractivity contribution in [1.82, 2.24) is 5.32 Å². The number of hydrogen-bond acceptors (Lipinski definition) is 4. The SMILES string of the molecule is CCSc1cccc(N2CCC(CNC)C2)c1C#N. The molecule has 0 spiro atoms. The number of anilines is 1. The van der Waals surface area contributed by atoms with Crippen LogP contribution in [-0.4, -0.2) is 32.4 Å². The van der Waals surface area contributed by atoms with Gasteiger partial charge in [-0.2, -0.15) is 5.26 Å². The van der Waals surface area contributed by atoms with E-state index in [9.17, 15) is 5.26 Å². The fourth-order valence-corrected chi connectivity index (χ4v) is 3.46. The number of nitrogens with one attached hydrogen (secondary N) is 1. The minimum absolute atomic E-state index is 0.694. The van der Waals surface area contributed by atoms with Crippen LogP contribution in [0.2, 0.25) is 0 Å². The lowest BCUT2D eigenvalue weighted by molar-refractivity contribution is 0.549. The van der Waals surface area contributed by atoms with Gasteiger partial charge in [-0.3, -0.25) is 0 Å². The third-order valence-corrected chi connectivity index (χ3v) is 4.48. The van der Waals surface area contributed by atoms with Crippen molar-refractivity contribution in [3.05, 3.63) is 23.8 Å². The van der Waals surface area contributed by atoms with E-state index in [-0.39, 0.29) is 0 Å².